The van der Waals surface area contributed by atoms with E-state index in [0.29, 0.717) is 5.02 Å². The third-order valence-electron chi connectivity index (χ3n) is 2.62. The Morgan fingerprint density at radius 3 is 2.75 bits per heavy atom. The molecule has 8 heteroatoms. The average molecular weight is 294 g/mol. The van der Waals surface area contributed by atoms with E-state index >= 15 is 0 Å². The van der Waals surface area contributed by atoms with E-state index in [2.05, 4.69) is 20.6 Å². The molecule has 104 valence electrons. The number of rotatable bonds is 4. The van der Waals surface area contributed by atoms with Crippen LogP contribution in [0.25, 0.3) is 0 Å². The van der Waals surface area contributed by atoms with Gasteiger partial charge in [-0.2, -0.15) is 4.98 Å². The van der Waals surface area contributed by atoms with Crippen LogP contribution in [0.15, 0.2) is 24.4 Å². The normalized spacial score (nSPS) is 10.2. The van der Waals surface area contributed by atoms with Crippen LogP contribution in [0.2, 0.25) is 5.02 Å². The Labute approximate surface area is 120 Å². The number of nitro groups is 1. The van der Waals surface area contributed by atoms with Crippen molar-refractivity contribution < 1.29 is 4.92 Å². The molecular formula is C12H12ClN5O2. The Kier molecular flexibility index (Phi) is 3.99. The molecule has 7 nitrogen and oxygen atoms in total. The van der Waals surface area contributed by atoms with Crippen LogP contribution in [0.5, 0.6) is 0 Å². The summed E-state index contributed by atoms with van der Waals surface area (Å²) in [5.74, 6) is 0.417. The highest BCUT2D eigenvalue weighted by molar-refractivity contribution is 6.31. The Morgan fingerprint density at radius 2 is 2.15 bits per heavy atom. The maximum absolute atomic E-state index is 10.8. The number of nitrogens with one attached hydrogen (secondary N) is 2. The third-order valence-corrected chi connectivity index (χ3v) is 3.04. The summed E-state index contributed by atoms with van der Waals surface area (Å²) in [6.45, 7) is 1.88. The highest BCUT2D eigenvalue weighted by atomic mass is 35.5. The van der Waals surface area contributed by atoms with Crippen molar-refractivity contribution in [3.8, 4) is 0 Å². The molecule has 1 aromatic heterocycles. The molecular weight excluding hydrogens is 282 g/mol. The fourth-order valence-electron chi connectivity index (χ4n) is 1.60. The van der Waals surface area contributed by atoms with Crippen molar-refractivity contribution in [1.29, 1.82) is 0 Å². The maximum atomic E-state index is 10.8. The lowest BCUT2D eigenvalue weighted by atomic mass is 10.2. The first-order valence-corrected chi connectivity index (χ1v) is 6.11. The number of hydrogen-bond acceptors (Lipinski definition) is 6. The van der Waals surface area contributed by atoms with Crippen LogP contribution in [0.4, 0.5) is 23.1 Å². The molecule has 0 aliphatic carbocycles. The van der Waals surface area contributed by atoms with Gasteiger partial charge in [0, 0.05) is 17.8 Å². The summed E-state index contributed by atoms with van der Waals surface area (Å²) in [4.78, 5) is 18.2. The fourth-order valence-corrected chi connectivity index (χ4v) is 1.72. The van der Waals surface area contributed by atoms with E-state index in [1.54, 1.807) is 19.2 Å². The van der Waals surface area contributed by atoms with Crippen LogP contribution in [0.1, 0.15) is 5.56 Å². The van der Waals surface area contributed by atoms with Crippen molar-refractivity contribution in [2.24, 2.45) is 0 Å². The van der Waals surface area contributed by atoms with Crippen molar-refractivity contribution in [3.63, 3.8) is 0 Å². The van der Waals surface area contributed by atoms with Gasteiger partial charge in [-0.15, -0.1) is 0 Å². The molecule has 1 aromatic carbocycles. The van der Waals surface area contributed by atoms with Gasteiger partial charge in [0.05, 0.1) is 4.92 Å². The minimum atomic E-state index is -0.540. The Morgan fingerprint density at radius 1 is 1.40 bits per heavy atom. The molecule has 0 aliphatic heterocycles. The van der Waals surface area contributed by atoms with Crippen molar-refractivity contribution >= 4 is 34.7 Å². The summed E-state index contributed by atoms with van der Waals surface area (Å²) >= 11 is 5.94. The van der Waals surface area contributed by atoms with Gasteiger partial charge < -0.3 is 10.6 Å². The lowest BCUT2D eigenvalue weighted by molar-refractivity contribution is -0.384. The smallest absolute Gasteiger partial charge is 0.329 e. The van der Waals surface area contributed by atoms with Gasteiger partial charge in [0.1, 0.15) is 6.20 Å². The predicted molar refractivity (Wildman–Crippen MR) is 77.7 cm³/mol. The maximum Gasteiger partial charge on any atom is 0.329 e. The number of aryl methyl sites for hydroxylation is 1. The number of halogens is 1. The summed E-state index contributed by atoms with van der Waals surface area (Å²) in [6.07, 6.45) is 1.16. The molecule has 2 rings (SSSR count). The number of hydrogen-bond donors (Lipinski definition) is 2. The average Bonchev–Trinajstić information content (AvgIpc) is 2.42. The van der Waals surface area contributed by atoms with E-state index in [-0.39, 0.29) is 17.5 Å². The molecule has 0 saturated carbocycles. The Bertz CT molecular complexity index is 662. The largest absolute Gasteiger partial charge is 0.367 e. The Hall–Kier alpha value is -2.41. The molecule has 0 radical (unpaired) electrons. The Balaban J connectivity index is 2.29. The number of aromatic nitrogens is 2. The fraction of sp³-hybridized carbons (Fsp3) is 0.167. The number of nitrogens with zero attached hydrogens (tertiary/aromatic N) is 3. The quantitative estimate of drug-likeness (QED) is 0.664. The van der Waals surface area contributed by atoms with Crippen LogP contribution in [0, 0.1) is 17.0 Å². The second-order valence-corrected chi connectivity index (χ2v) is 4.43. The molecule has 2 aromatic rings. The molecule has 0 fully saturated rings. The summed E-state index contributed by atoms with van der Waals surface area (Å²) in [6, 6.07) is 5.37. The van der Waals surface area contributed by atoms with Gasteiger partial charge in [0.2, 0.25) is 11.8 Å². The summed E-state index contributed by atoms with van der Waals surface area (Å²) < 4.78 is 0. The molecule has 2 N–H and O–H groups in total. The van der Waals surface area contributed by atoms with E-state index in [0.717, 1.165) is 17.4 Å². The standard InChI is InChI=1S/C12H12ClN5O2/c1-7-5-8(3-4-9(7)13)16-12-15-6-10(18(19)20)11(14-2)17-12/h3-6H,1-2H3,(H2,14,15,16,17). The summed E-state index contributed by atoms with van der Waals surface area (Å²) in [5, 5.41) is 17.1. The number of anilines is 3. The van der Waals surface area contributed by atoms with Gasteiger partial charge in [-0.3, -0.25) is 10.1 Å². The molecule has 0 bridgehead atoms. The van der Waals surface area contributed by atoms with Crippen molar-refractivity contribution in [2.75, 3.05) is 17.7 Å². The van der Waals surface area contributed by atoms with E-state index < -0.39 is 4.92 Å². The van der Waals surface area contributed by atoms with Gasteiger partial charge in [0.15, 0.2) is 0 Å². The first-order valence-electron chi connectivity index (χ1n) is 5.73. The van der Waals surface area contributed by atoms with Crippen LogP contribution in [-0.2, 0) is 0 Å². The monoisotopic (exact) mass is 293 g/mol. The van der Waals surface area contributed by atoms with Crippen LogP contribution >= 0.6 is 11.6 Å². The lowest BCUT2D eigenvalue weighted by Crippen LogP contribution is -2.04. The predicted octanol–water partition coefficient (Wildman–Crippen LogP) is 3.13. The van der Waals surface area contributed by atoms with Crippen LogP contribution in [0.3, 0.4) is 0 Å². The molecule has 0 spiro atoms. The molecule has 0 aliphatic rings. The topological polar surface area (TPSA) is 93.0 Å². The lowest BCUT2D eigenvalue weighted by Gasteiger charge is -2.08. The van der Waals surface area contributed by atoms with E-state index in [1.807, 2.05) is 13.0 Å². The van der Waals surface area contributed by atoms with Gasteiger partial charge in [-0.05, 0) is 30.7 Å². The highest BCUT2D eigenvalue weighted by Crippen LogP contribution is 2.24. The summed E-state index contributed by atoms with van der Waals surface area (Å²) in [5.41, 5.74) is 1.49. The van der Waals surface area contributed by atoms with Crippen molar-refractivity contribution in [3.05, 3.63) is 45.1 Å². The van der Waals surface area contributed by atoms with Crippen molar-refractivity contribution in [2.45, 2.75) is 6.92 Å². The minimum absolute atomic E-state index is 0.151. The first-order chi connectivity index (χ1) is 9.51. The van der Waals surface area contributed by atoms with Gasteiger partial charge >= 0.3 is 5.69 Å². The molecule has 1 heterocycles. The van der Waals surface area contributed by atoms with E-state index in [9.17, 15) is 10.1 Å². The van der Waals surface area contributed by atoms with Gasteiger partial charge in [0.25, 0.3) is 0 Å². The zero-order valence-corrected chi connectivity index (χ0v) is 11.6. The van der Waals surface area contributed by atoms with Gasteiger partial charge in [-0.1, -0.05) is 11.6 Å². The zero-order valence-electron chi connectivity index (χ0n) is 10.8. The molecule has 0 unspecified atom stereocenters. The minimum Gasteiger partial charge on any atom is -0.367 e. The SMILES string of the molecule is CNc1nc(Nc2ccc(Cl)c(C)c2)ncc1[N+](=O)[O-]. The molecule has 0 saturated heterocycles. The number of benzene rings is 1. The van der Waals surface area contributed by atoms with Crippen molar-refractivity contribution in [1.82, 2.24) is 9.97 Å². The second kappa shape index (κ2) is 5.70. The first kappa shape index (κ1) is 14.0. The van der Waals surface area contributed by atoms with Crippen LogP contribution in [-0.4, -0.2) is 21.9 Å². The molecule has 20 heavy (non-hydrogen) atoms. The zero-order chi connectivity index (χ0) is 14.7. The van der Waals surface area contributed by atoms with E-state index in [4.69, 9.17) is 11.6 Å². The molecule has 0 amide bonds. The third kappa shape index (κ3) is 2.94. The molecule has 0 atom stereocenters. The van der Waals surface area contributed by atoms with E-state index in [1.165, 1.54) is 0 Å². The second-order valence-electron chi connectivity index (χ2n) is 4.02. The van der Waals surface area contributed by atoms with Gasteiger partial charge in [-0.25, -0.2) is 4.98 Å². The summed E-state index contributed by atoms with van der Waals surface area (Å²) in [7, 11) is 1.56. The van der Waals surface area contributed by atoms with Crippen LogP contribution < -0.4 is 10.6 Å². The highest BCUT2D eigenvalue weighted by Gasteiger charge is 2.15.